The normalized spacial score (nSPS) is 33.0. The van der Waals surface area contributed by atoms with Gasteiger partial charge in [-0.3, -0.25) is 19.5 Å². The fourth-order valence-corrected chi connectivity index (χ4v) is 5.47. The van der Waals surface area contributed by atoms with E-state index >= 15 is 0 Å². The lowest BCUT2D eigenvalue weighted by atomic mass is 9.85. The number of hydrogen-bond donors (Lipinski definition) is 2. The van der Waals surface area contributed by atoms with Gasteiger partial charge in [0, 0.05) is 45.4 Å². The zero-order chi connectivity index (χ0) is 20.6. The molecule has 3 fully saturated rings. The number of carbonyl (C=O) groups is 2. The highest BCUT2D eigenvalue weighted by Gasteiger charge is 2.58. The molecule has 4 rings (SSSR count). The van der Waals surface area contributed by atoms with Crippen LogP contribution in [0.25, 0.3) is 0 Å². The first-order chi connectivity index (χ1) is 14.0. The van der Waals surface area contributed by atoms with E-state index in [2.05, 4.69) is 46.8 Å². The number of fused-ring (bicyclic) bond motifs is 5. The van der Waals surface area contributed by atoms with Crippen LogP contribution in [0.4, 0.5) is 0 Å². The first-order valence-electron chi connectivity index (χ1n) is 10.7. The predicted molar refractivity (Wildman–Crippen MR) is 110 cm³/mol. The third kappa shape index (κ3) is 3.57. The number of hydrogen-bond acceptors (Lipinski definition) is 5. The van der Waals surface area contributed by atoms with Gasteiger partial charge >= 0.3 is 0 Å². The number of carbonyl (C=O) groups excluding carboxylic acids is 2. The summed E-state index contributed by atoms with van der Waals surface area (Å²) < 4.78 is 5.53. The lowest BCUT2D eigenvalue weighted by molar-refractivity contribution is -0.140. The lowest BCUT2D eigenvalue weighted by Gasteiger charge is -2.43. The minimum atomic E-state index is -0.122. The Morgan fingerprint density at radius 2 is 1.79 bits per heavy atom. The molecule has 2 saturated heterocycles. The SMILES string of the molecule is CN=C(NCCN1C(=O)C2C3C=CC(C3)C2C1=O)NCC1(N(C)C)CCOCC1. The van der Waals surface area contributed by atoms with Gasteiger partial charge in [-0.15, -0.1) is 0 Å². The summed E-state index contributed by atoms with van der Waals surface area (Å²) in [6.07, 6.45) is 7.16. The van der Waals surface area contributed by atoms with Crippen LogP contribution in [0, 0.1) is 23.7 Å². The Kier molecular flexibility index (Phi) is 5.66. The van der Waals surface area contributed by atoms with Crippen LogP contribution in [0.5, 0.6) is 0 Å². The lowest BCUT2D eigenvalue weighted by Crippen LogP contribution is -2.57. The Balaban J connectivity index is 1.27. The molecule has 29 heavy (non-hydrogen) atoms. The molecule has 4 aliphatic rings. The average molecular weight is 404 g/mol. The number of nitrogens with one attached hydrogen (secondary N) is 2. The fraction of sp³-hybridized carbons (Fsp3) is 0.762. The van der Waals surface area contributed by atoms with Crippen LogP contribution in [0.3, 0.4) is 0 Å². The zero-order valence-corrected chi connectivity index (χ0v) is 17.7. The van der Waals surface area contributed by atoms with Gasteiger partial charge in [0.2, 0.25) is 11.8 Å². The second-order valence-corrected chi connectivity index (χ2v) is 8.91. The summed E-state index contributed by atoms with van der Waals surface area (Å²) in [5, 5.41) is 6.68. The Morgan fingerprint density at radius 3 is 2.34 bits per heavy atom. The third-order valence-electron chi connectivity index (χ3n) is 7.37. The molecule has 8 heteroatoms. The molecule has 2 aliphatic carbocycles. The first-order valence-corrected chi connectivity index (χ1v) is 10.7. The van der Waals surface area contributed by atoms with Crippen molar-refractivity contribution in [1.82, 2.24) is 20.4 Å². The number of allylic oxidation sites excluding steroid dienone is 2. The third-order valence-corrected chi connectivity index (χ3v) is 7.37. The highest BCUT2D eigenvalue weighted by Crippen LogP contribution is 2.52. The minimum absolute atomic E-state index is 0.00960. The van der Waals surface area contributed by atoms with Crippen LogP contribution in [0.1, 0.15) is 19.3 Å². The fourth-order valence-electron chi connectivity index (χ4n) is 5.47. The van der Waals surface area contributed by atoms with E-state index in [1.54, 1.807) is 7.05 Å². The van der Waals surface area contributed by atoms with Crippen molar-refractivity contribution in [3.63, 3.8) is 0 Å². The summed E-state index contributed by atoms with van der Waals surface area (Å²) in [4.78, 5) is 33.5. The summed E-state index contributed by atoms with van der Waals surface area (Å²) in [5.41, 5.74) is 0.0421. The molecule has 2 amide bonds. The van der Waals surface area contributed by atoms with E-state index in [4.69, 9.17) is 4.74 Å². The van der Waals surface area contributed by atoms with E-state index in [1.165, 1.54) is 4.90 Å². The summed E-state index contributed by atoms with van der Waals surface area (Å²) >= 11 is 0. The van der Waals surface area contributed by atoms with Gasteiger partial charge in [0.25, 0.3) is 0 Å². The molecular formula is C21H33N5O3. The Bertz CT molecular complexity index is 683. The van der Waals surface area contributed by atoms with Crippen LogP contribution in [0.15, 0.2) is 17.1 Å². The maximum atomic E-state index is 12.8. The van der Waals surface area contributed by atoms with Crippen molar-refractivity contribution in [2.75, 3.05) is 54.0 Å². The van der Waals surface area contributed by atoms with E-state index in [0.717, 1.165) is 39.0 Å². The van der Waals surface area contributed by atoms with E-state index in [9.17, 15) is 9.59 Å². The van der Waals surface area contributed by atoms with Crippen molar-refractivity contribution in [1.29, 1.82) is 0 Å². The molecule has 8 nitrogen and oxygen atoms in total. The van der Waals surface area contributed by atoms with Crippen molar-refractivity contribution in [2.24, 2.45) is 28.7 Å². The molecule has 160 valence electrons. The Labute approximate surface area is 172 Å². The van der Waals surface area contributed by atoms with E-state index < -0.39 is 0 Å². The van der Waals surface area contributed by atoms with Crippen LogP contribution >= 0.6 is 0 Å². The summed E-state index contributed by atoms with van der Waals surface area (Å²) in [7, 11) is 5.95. The molecule has 0 radical (unpaired) electrons. The molecule has 2 N–H and O–H groups in total. The Morgan fingerprint density at radius 1 is 1.17 bits per heavy atom. The molecule has 4 atom stereocenters. The van der Waals surface area contributed by atoms with Gasteiger partial charge in [-0.2, -0.15) is 0 Å². The van der Waals surface area contributed by atoms with Gasteiger partial charge in [0.05, 0.1) is 11.8 Å². The van der Waals surface area contributed by atoms with Gasteiger partial charge < -0.3 is 20.3 Å². The van der Waals surface area contributed by atoms with Gasteiger partial charge in [-0.05, 0) is 45.2 Å². The van der Waals surface area contributed by atoms with Crippen LogP contribution in [-0.4, -0.2) is 87.1 Å². The minimum Gasteiger partial charge on any atom is -0.381 e. The van der Waals surface area contributed by atoms with Crippen molar-refractivity contribution < 1.29 is 14.3 Å². The van der Waals surface area contributed by atoms with Crippen LogP contribution in [-0.2, 0) is 14.3 Å². The maximum absolute atomic E-state index is 12.8. The largest absolute Gasteiger partial charge is 0.381 e. The van der Waals surface area contributed by atoms with Crippen molar-refractivity contribution in [2.45, 2.75) is 24.8 Å². The molecule has 0 aromatic rings. The summed E-state index contributed by atoms with van der Waals surface area (Å²) in [6.45, 7) is 3.19. The number of rotatable bonds is 6. The molecule has 0 spiro atoms. The quantitative estimate of drug-likeness (QED) is 0.283. The van der Waals surface area contributed by atoms with Gasteiger partial charge in [0.15, 0.2) is 5.96 Å². The molecule has 1 saturated carbocycles. The molecule has 2 bridgehead atoms. The molecule has 0 aromatic carbocycles. The second-order valence-electron chi connectivity index (χ2n) is 8.91. The second kappa shape index (κ2) is 8.07. The number of amides is 2. The molecule has 4 unspecified atom stereocenters. The number of aliphatic imine (C=N–C) groups is 1. The van der Waals surface area contributed by atoms with Crippen molar-refractivity contribution in [3.8, 4) is 0 Å². The summed E-state index contributed by atoms with van der Waals surface area (Å²) in [5.74, 6) is 0.988. The zero-order valence-electron chi connectivity index (χ0n) is 17.7. The van der Waals surface area contributed by atoms with E-state index in [-0.39, 0.29) is 41.0 Å². The predicted octanol–water partition coefficient (Wildman–Crippen LogP) is 0.0693. The number of ether oxygens (including phenoxy) is 1. The molecule has 2 aliphatic heterocycles. The first kappa shape index (κ1) is 20.3. The number of imide groups is 1. The topological polar surface area (TPSA) is 86.3 Å². The van der Waals surface area contributed by atoms with Crippen LogP contribution in [0.2, 0.25) is 0 Å². The highest BCUT2D eigenvalue weighted by atomic mass is 16.5. The standard InChI is InChI=1S/C21H33N5O3/c1-22-20(24-13-21(25(2)3)6-10-29-11-7-21)23-8-9-26-18(27)16-14-4-5-15(12-14)17(16)19(26)28/h4-5,14-17H,6-13H2,1-3H3,(H2,22,23,24). The average Bonchev–Trinajstić information content (AvgIpc) is 3.40. The molecule has 2 heterocycles. The smallest absolute Gasteiger partial charge is 0.233 e. The molecular weight excluding hydrogens is 370 g/mol. The van der Waals surface area contributed by atoms with Crippen LogP contribution < -0.4 is 10.6 Å². The number of guanidine groups is 1. The van der Waals surface area contributed by atoms with Crippen molar-refractivity contribution in [3.05, 3.63) is 12.2 Å². The van der Waals surface area contributed by atoms with E-state index in [0.29, 0.717) is 19.0 Å². The highest BCUT2D eigenvalue weighted by molar-refractivity contribution is 6.06. The monoisotopic (exact) mass is 403 g/mol. The van der Waals surface area contributed by atoms with Gasteiger partial charge in [-0.1, -0.05) is 12.2 Å². The summed E-state index contributed by atoms with van der Waals surface area (Å²) in [6, 6.07) is 0. The van der Waals surface area contributed by atoms with Gasteiger partial charge in [-0.25, -0.2) is 0 Å². The number of likely N-dealkylation sites (N-methyl/N-ethyl adjacent to an activating group) is 1. The van der Waals surface area contributed by atoms with Gasteiger partial charge in [0.1, 0.15) is 0 Å². The Hall–Kier alpha value is -1.93. The van der Waals surface area contributed by atoms with Crippen molar-refractivity contribution >= 4 is 17.8 Å². The number of likely N-dealkylation sites (tertiary alicyclic amines) is 1. The van der Waals surface area contributed by atoms with E-state index in [1.807, 2.05) is 0 Å². The molecule has 0 aromatic heterocycles. The number of nitrogens with zero attached hydrogens (tertiary/aromatic N) is 3. The maximum Gasteiger partial charge on any atom is 0.233 e.